The van der Waals surface area contributed by atoms with Crippen LogP contribution in [-0.4, -0.2) is 41.2 Å². The number of imide groups is 1. The number of carbonyl (C=O) groups is 2. The average Bonchev–Trinajstić information content (AvgIpc) is 3.49. The van der Waals surface area contributed by atoms with Gasteiger partial charge in [-0.3, -0.25) is 9.69 Å². The van der Waals surface area contributed by atoms with E-state index >= 15 is 0 Å². The van der Waals surface area contributed by atoms with Crippen LogP contribution in [0, 0.1) is 13.8 Å². The Kier molecular flexibility index (Phi) is 6.12. The highest BCUT2D eigenvalue weighted by Crippen LogP contribution is 2.37. The molecule has 0 spiro atoms. The molecule has 1 aliphatic rings. The first kappa shape index (κ1) is 24.1. The maximum atomic E-state index is 14.0. The number of rotatable bonds is 7. The second-order valence-electron chi connectivity index (χ2n) is 8.82. The third-order valence-corrected chi connectivity index (χ3v) is 6.66. The molecule has 1 aliphatic heterocycles. The smallest absolute Gasteiger partial charge is 0.326 e. The van der Waals surface area contributed by atoms with E-state index < -0.39 is 17.5 Å². The molecule has 0 unspecified atom stereocenters. The monoisotopic (exact) mass is 498 g/mol. The average molecular weight is 499 g/mol. The van der Waals surface area contributed by atoms with Gasteiger partial charge < -0.3 is 19.3 Å². The summed E-state index contributed by atoms with van der Waals surface area (Å²) in [4.78, 5) is 32.7. The fourth-order valence-corrected chi connectivity index (χ4v) is 4.49. The highest BCUT2D eigenvalue weighted by atomic mass is 16.5. The minimum atomic E-state index is -1.37. The SMILES string of the molecule is COc1ccc(-c2noc(CN3C(=O)N[C@@](c4ccccc4)(c4ccc(C)c(C)c4)C3=O)n2)cc1OC. The van der Waals surface area contributed by atoms with Crippen LogP contribution in [0.15, 0.2) is 71.3 Å². The molecule has 188 valence electrons. The van der Waals surface area contributed by atoms with Crippen LogP contribution in [0.25, 0.3) is 11.4 Å². The Morgan fingerprint density at radius 2 is 1.65 bits per heavy atom. The number of aryl methyl sites for hydroxylation is 2. The Bertz CT molecular complexity index is 1480. The third-order valence-electron chi connectivity index (χ3n) is 6.66. The van der Waals surface area contributed by atoms with Gasteiger partial charge in [-0.1, -0.05) is 53.7 Å². The van der Waals surface area contributed by atoms with Crippen LogP contribution in [-0.2, 0) is 16.9 Å². The second-order valence-corrected chi connectivity index (χ2v) is 8.82. The molecule has 3 amide bonds. The molecule has 9 heteroatoms. The van der Waals surface area contributed by atoms with Gasteiger partial charge >= 0.3 is 6.03 Å². The van der Waals surface area contributed by atoms with Crippen LogP contribution >= 0.6 is 0 Å². The van der Waals surface area contributed by atoms with Crippen molar-refractivity contribution in [2.45, 2.75) is 25.9 Å². The van der Waals surface area contributed by atoms with Gasteiger partial charge in [0.1, 0.15) is 6.54 Å². The molecule has 0 aliphatic carbocycles. The van der Waals surface area contributed by atoms with Crippen molar-refractivity contribution in [2.75, 3.05) is 14.2 Å². The number of aromatic nitrogens is 2. The Hall–Kier alpha value is -4.66. The molecule has 4 aromatic rings. The molecule has 2 heterocycles. The van der Waals surface area contributed by atoms with E-state index in [2.05, 4.69) is 15.5 Å². The summed E-state index contributed by atoms with van der Waals surface area (Å²) in [7, 11) is 3.09. The van der Waals surface area contributed by atoms with Gasteiger partial charge in [-0.05, 0) is 54.3 Å². The zero-order chi connectivity index (χ0) is 26.2. The summed E-state index contributed by atoms with van der Waals surface area (Å²) >= 11 is 0. The molecule has 0 bridgehead atoms. The number of methoxy groups -OCH3 is 2. The molecule has 37 heavy (non-hydrogen) atoms. The Labute approximate surface area is 214 Å². The largest absolute Gasteiger partial charge is 0.493 e. The lowest BCUT2D eigenvalue weighted by molar-refractivity contribution is -0.130. The van der Waals surface area contributed by atoms with Gasteiger partial charge in [-0.25, -0.2) is 4.79 Å². The zero-order valence-electron chi connectivity index (χ0n) is 20.9. The molecule has 0 radical (unpaired) electrons. The summed E-state index contributed by atoms with van der Waals surface area (Å²) in [5.74, 6) is 1.08. The van der Waals surface area contributed by atoms with Crippen molar-refractivity contribution in [2.24, 2.45) is 0 Å². The molecule has 3 aromatic carbocycles. The van der Waals surface area contributed by atoms with Gasteiger partial charge in [0.05, 0.1) is 14.2 Å². The highest BCUT2D eigenvalue weighted by Gasteiger charge is 2.54. The van der Waals surface area contributed by atoms with Gasteiger partial charge in [-0.15, -0.1) is 0 Å². The minimum absolute atomic E-state index is 0.122. The number of carbonyl (C=O) groups excluding carboxylic acids is 2. The van der Waals surface area contributed by atoms with Crippen molar-refractivity contribution < 1.29 is 23.6 Å². The quantitative estimate of drug-likeness (QED) is 0.377. The van der Waals surface area contributed by atoms with Crippen LogP contribution in [0.3, 0.4) is 0 Å². The molecule has 1 atom stereocenters. The molecule has 9 nitrogen and oxygen atoms in total. The van der Waals surface area contributed by atoms with E-state index in [0.29, 0.717) is 34.0 Å². The Morgan fingerprint density at radius 1 is 0.892 bits per heavy atom. The van der Waals surface area contributed by atoms with Crippen LogP contribution in [0.1, 0.15) is 28.1 Å². The summed E-state index contributed by atoms with van der Waals surface area (Å²) in [6, 6.07) is 19.7. The van der Waals surface area contributed by atoms with E-state index in [-0.39, 0.29) is 12.4 Å². The summed E-state index contributed by atoms with van der Waals surface area (Å²) in [5.41, 5.74) is 2.72. The topological polar surface area (TPSA) is 107 Å². The molecule has 1 N–H and O–H groups in total. The predicted octanol–water partition coefficient (Wildman–Crippen LogP) is 4.37. The van der Waals surface area contributed by atoms with Gasteiger partial charge in [0.2, 0.25) is 11.7 Å². The molecule has 1 fully saturated rings. The number of nitrogens with one attached hydrogen (secondary N) is 1. The number of amides is 3. The molecule has 0 saturated carbocycles. The van der Waals surface area contributed by atoms with E-state index in [1.54, 1.807) is 25.3 Å². The van der Waals surface area contributed by atoms with Crippen molar-refractivity contribution in [3.05, 3.63) is 94.9 Å². The molecular weight excluding hydrogens is 472 g/mol. The number of benzene rings is 3. The van der Waals surface area contributed by atoms with Crippen LogP contribution in [0.5, 0.6) is 11.5 Å². The number of ether oxygens (including phenoxy) is 2. The molecule has 1 aromatic heterocycles. The molecule has 1 saturated heterocycles. The summed E-state index contributed by atoms with van der Waals surface area (Å²) in [5, 5.41) is 6.98. The number of hydrogen-bond donors (Lipinski definition) is 1. The third kappa shape index (κ3) is 4.08. The van der Waals surface area contributed by atoms with E-state index in [0.717, 1.165) is 16.0 Å². The van der Waals surface area contributed by atoms with E-state index in [4.69, 9.17) is 14.0 Å². The number of nitrogens with zero attached hydrogens (tertiary/aromatic N) is 3. The van der Waals surface area contributed by atoms with Gasteiger partial charge in [0.25, 0.3) is 5.91 Å². The van der Waals surface area contributed by atoms with E-state index in [1.165, 1.54) is 7.11 Å². The van der Waals surface area contributed by atoms with E-state index in [1.807, 2.05) is 62.4 Å². The summed E-state index contributed by atoms with van der Waals surface area (Å²) < 4.78 is 16.0. The van der Waals surface area contributed by atoms with E-state index in [9.17, 15) is 9.59 Å². The lowest BCUT2D eigenvalue weighted by Crippen LogP contribution is -2.45. The lowest BCUT2D eigenvalue weighted by atomic mass is 9.81. The molecule has 5 rings (SSSR count). The fraction of sp³-hybridized carbons (Fsp3) is 0.214. The summed E-state index contributed by atoms with van der Waals surface area (Å²) in [6.45, 7) is 3.80. The standard InChI is InChI=1S/C28H26N4O5/c1-17-10-12-21(14-18(17)2)28(20-8-6-5-7-9-20)26(33)32(27(34)30-28)16-24-29-25(31-37-24)19-11-13-22(35-3)23(15-19)36-4/h5-15H,16H2,1-4H3,(H,30,34)/t28-/m0/s1. The van der Waals surface area contributed by atoms with Gasteiger partial charge in [-0.2, -0.15) is 4.98 Å². The van der Waals surface area contributed by atoms with Crippen LogP contribution in [0.4, 0.5) is 4.79 Å². The predicted molar refractivity (Wildman–Crippen MR) is 135 cm³/mol. The Morgan fingerprint density at radius 3 is 2.35 bits per heavy atom. The first-order chi connectivity index (χ1) is 17.9. The highest BCUT2D eigenvalue weighted by molar-refractivity contribution is 6.09. The maximum absolute atomic E-state index is 14.0. The summed E-state index contributed by atoms with van der Waals surface area (Å²) in [6.07, 6.45) is 0. The fourth-order valence-electron chi connectivity index (χ4n) is 4.49. The zero-order valence-corrected chi connectivity index (χ0v) is 20.9. The molecular formula is C28H26N4O5. The number of hydrogen-bond acceptors (Lipinski definition) is 7. The Balaban J connectivity index is 1.48. The van der Waals surface area contributed by atoms with Crippen LogP contribution < -0.4 is 14.8 Å². The minimum Gasteiger partial charge on any atom is -0.493 e. The van der Waals surface area contributed by atoms with Crippen molar-refractivity contribution in [1.29, 1.82) is 0 Å². The van der Waals surface area contributed by atoms with Crippen molar-refractivity contribution in [1.82, 2.24) is 20.4 Å². The van der Waals surface area contributed by atoms with Gasteiger partial charge in [0, 0.05) is 5.56 Å². The maximum Gasteiger partial charge on any atom is 0.326 e. The first-order valence-electron chi connectivity index (χ1n) is 11.7. The van der Waals surface area contributed by atoms with Crippen LogP contribution in [0.2, 0.25) is 0 Å². The first-order valence-corrected chi connectivity index (χ1v) is 11.7. The van der Waals surface area contributed by atoms with Crippen molar-refractivity contribution in [3.8, 4) is 22.9 Å². The van der Waals surface area contributed by atoms with Crippen molar-refractivity contribution >= 4 is 11.9 Å². The second kappa shape index (κ2) is 9.42. The normalized spacial score (nSPS) is 17.1. The number of urea groups is 1. The lowest BCUT2D eigenvalue weighted by Gasteiger charge is -2.28. The van der Waals surface area contributed by atoms with Gasteiger partial charge in [0.15, 0.2) is 17.0 Å². The van der Waals surface area contributed by atoms with Crippen molar-refractivity contribution in [3.63, 3.8) is 0 Å².